The fourth-order valence-corrected chi connectivity index (χ4v) is 5.14. The first-order chi connectivity index (χ1) is 18.7. The minimum absolute atomic E-state index is 0.0310. The standard InChI is InChI=1S/C32H42N2O5/c1-5-6-19-39-26-10-7-9-24(22-26)29(35)27-28(23-11-13-25(14-12-23)32(2,3)4)34(31(37)30(27)36)16-8-15-33-17-20-38-21-18-33/h7,9-14,22,28,35H,5-6,8,15-21H2,1-4H3. The Morgan fingerprint density at radius 2 is 1.74 bits per heavy atom. The first-order valence-electron chi connectivity index (χ1n) is 14.1. The molecule has 0 bridgehead atoms. The molecule has 0 aromatic heterocycles. The number of unbranched alkanes of at least 4 members (excludes halogenated alkanes) is 1. The summed E-state index contributed by atoms with van der Waals surface area (Å²) in [5.74, 6) is -0.770. The van der Waals surface area contributed by atoms with Crippen molar-refractivity contribution in [2.75, 3.05) is 46.0 Å². The van der Waals surface area contributed by atoms with E-state index < -0.39 is 17.7 Å². The van der Waals surface area contributed by atoms with Crippen LogP contribution in [0.25, 0.3) is 5.76 Å². The second-order valence-corrected chi connectivity index (χ2v) is 11.4. The molecule has 2 aromatic rings. The number of ether oxygens (including phenoxy) is 2. The van der Waals surface area contributed by atoms with Gasteiger partial charge < -0.3 is 19.5 Å². The van der Waals surface area contributed by atoms with Crippen LogP contribution in [0.1, 0.15) is 69.7 Å². The van der Waals surface area contributed by atoms with Gasteiger partial charge in [0, 0.05) is 31.7 Å². The van der Waals surface area contributed by atoms with Gasteiger partial charge in [-0.25, -0.2) is 0 Å². The van der Waals surface area contributed by atoms with Crippen LogP contribution in [0.3, 0.4) is 0 Å². The number of hydrogen-bond donors (Lipinski definition) is 1. The molecule has 1 unspecified atom stereocenters. The molecule has 0 radical (unpaired) electrons. The van der Waals surface area contributed by atoms with Crippen molar-refractivity contribution in [3.05, 3.63) is 70.8 Å². The highest BCUT2D eigenvalue weighted by Crippen LogP contribution is 2.40. The molecule has 210 valence electrons. The smallest absolute Gasteiger partial charge is 0.295 e. The fourth-order valence-electron chi connectivity index (χ4n) is 5.14. The number of hydrogen-bond acceptors (Lipinski definition) is 6. The third-order valence-electron chi connectivity index (χ3n) is 7.48. The molecule has 2 aliphatic rings. The van der Waals surface area contributed by atoms with Gasteiger partial charge in [0.25, 0.3) is 11.7 Å². The maximum atomic E-state index is 13.4. The van der Waals surface area contributed by atoms with Crippen LogP contribution in [0, 0.1) is 0 Å². The minimum Gasteiger partial charge on any atom is -0.507 e. The summed E-state index contributed by atoms with van der Waals surface area (Å²) in [6.45, 7) is 13.5. The number of carbonyl (C=O) groups is 2. The molecular formula is C32H42N2O5. The summed E-state index contributed by atoms with van der Waals surface area (Å²) in [4.78, 5) is 30.7. The van der Waals surface area contributed by atoms with Crippen LogP contribution in [-0.2, 0) is 19.7 Å². The minimum atomic E-state index is -0.659. The molecule has 0 spiro atoms. The highest BCUT2D eigenvalue weighted by atomic mass is 16.5. The highest BCUT2D eigenvalue weighted by Gasteiger charge is 2.46. The van der Waals surface area contributed by atoms with Crippen molar-refractivity contribution >= 4 is 17.4 Å². The van der Waals surface area contributed by atoms with Crippen LogP contribution in [0.5, 0.6) is 5.75 Å². The zero-order chi connectivity index (χ0) is 28.0. The van der Waals surface area contributed by atoms with E-state index in [9.17, 15) is 14.7 Å². The molecule has 1 N–H and O–H groups in total. The van der Waals surface area contributed by atoms with Gasteiger partial charge in [-0.2, -0.15) is 0 Å². The molecule has 2 aromatic carbocycles. The zero-order valence-electron chi connectivity index (χ0n) is 23.7. The van der Waals surface area contributed by atoms with Gasteiger partial charge in [-0.15, -0.1) is 0 Å². The van der Waals surface area contributed by atoms with Crippen LogP contribution in [0.2, 0.25) is 0 Å². The van der Waals surface area contributed by atoms with Crippen LogP contribution in [0.4, 0.5) is 0 Å². The SMILES string of the molecule is CCCCOc1cccc(C(O)=C2C(=O)C(=O)N(CCCN3CCOCC3)C2c2ccc(C(C)(C)C)cc2)c1. The Bertz CT molecular complexity index is 1180. The van der Waals surface area contributed by atoms with E-state index in [2.05, 4.69) is 32.6 Å². The van der Waals surface area contributed by atoms with Crippen molar-refractivity contribution < 1.29 is 24.2 Å². The molecule has 39 heavy (non-hydrogen) atoms. The first-order valence-corrected chi connectivity index (χ1v) is 14.1. The number of morpholine rings is 1. The molecule has 1 amide bonds. The molecule has 2 aliphatic heterocycles. The first kappa shape index (κ1) is 28.8. The lowest BCUT2D eigenvalue weighted by atomic mass is 9.85. The third-order valence-corrected chi connectivity index (χ3v) is 7.48. The van der Waals surface area contributed by atoms with Gasteiger partial charge in [0.1, 0.15) is 11.5 Å². The molecule has 2 saturated heterocycles. The summed E-state index contributed by atoms with van der Waals surface area (Å²) < 4.78 is 11.3. The fraction of sp³-hybridized carbons (Fsp3) is 0.500. The number of benzene rings is 2. The Morgan fingerprint density at radius 3 is 2.41 bits per heavy atom. The number of carbonyl (C=O) groups excluding carboxylic acids is 2. The van der Waals surface area contributed by atoms with E-state index >= 15 is 0 Å². The number of aliphatic hydroxyl groups is 1. The van der Waals surface area contributed by atoms with E-state index in [4.69, 9.17) is 9.47 Å². The number of likely N-dealkylation sites (tertiary alicyclic amines) is 1. The summed E-state index contributed by atoms with van der Waals surface area (Å²) in [5, 5.41) is 11.5. The summed E-state index contributed by atoms with van der Waals surface area (Å²) in [5.41, 5.74) is 2.53. The van der Waals surface area contributed by atoms with E-state index in [-0.39, 0.29) is 16.7 Å². The predicted octanol–water partition coefficient (Wildman–Crippen LogP) is 5.31. The number of Topliss-reactive ketones (excluding diaryl/α,β-unsaturated/α-hetero) is 1. The molecule has 1 atom stereocenters. The Labute approximate surface area is 232 Å². The Hall–Kier alpha value is -3.16. The average molecular weight is 535 g/mol. The van der Waals surface area contributed by atoms with Crippen molar-refractivity contribution in [2.45, 2.75) is 58.4 Å². The second kappa shape index (κ2) is 12.8. The molecule has 4 rings (SSSR count). The molecule has 0 aliphatic carbocycles. The predicted molar refractivity (Wildman–Crippen MR) is 153 cm³/mol. The molecular weight excluding hydrogens is 492 g/mol. The van der Waals surface area contributed by atoms with Gasteiger partial charge in [0.15, 0.2) is 0 Å². The number of rotatable bonds is 10. The van der Waals surface area contributed by atoms with Crippen molar-refractivity contribution in [3.63, 3.8) is 0 Å². The Morgan fingerprint density at radius 1 is 1.03 bits per heavy atom. The molecule has 0 saturated carbocycles. The van der Waals surface area contributed by atoms with Crippen LogP contribution < -0.4 is 4.74 Å². The van der Waals surface area contributed by atoms with Crippen molar-refractivity contribution in [2.24, 2.45) is 0 Å². The van der Waals surface area contributed by atoms with E-state index in [1.807, 2.05) is 30.3 Å². The van der Waals surface area contributed by atoms with Crippen LogP contribution in [0.15, 0.2) is 54.1 Å². The number of amides is 1. The maximum absolute atomic E-state index is 13.4. The monoisotopic (exact) mass is 534 g/mol. The van der Waals surface area contributed by atoms with E-state index in [1.54, 1.807) is 23.1 Å². The van der Waals surface area contributed by atoms with Crippen molar-refractivity contribution in [3.8, 4) is 5.75 Å². The lowest BCUT2D eigenvalue weighted by Gasteiger charge is -2.29. The second-order valence-electron chi connectivity index (χ2n) is 11.4. The summed E-state index contributed by atoms with van der Waals surface area (Å²) in [6, 6.07) is 14.5. The van der Waals surface area contributed by atoms with Gasteiger partial charge >= 0.3 is 0 Å². The summed E-state index contributed by atoms with van der Waals surface area (Å²) in [7, 11) is 0. The van der Waals surface area contributed by atoms with Crippen LogP contribution >= 0.6 is 0 Å². The Kier molecular flexibility index (Phi) is 9.46. The molecule has 2 fully saturated rings. The molecule has 2 heterocycles. The lowest BCUT2D eigenvalue weighted by molar-refractivity contribution is -0.140. The summed E-state index contributed by atoms with van der Waals surface area (Å²) in [6.07, 6.45) is 2.67. The van der Waals surface area contributed by atoms with Crippen molar-refractivity contribution in [1.82, 2.24) is 9.80 Å². The topological polar surface area (TPSA) is 79.3 Å². The molecule has 7 heteroatoms. The van der Waals surface area contributed by atoms with E-state index in [0.717, 1.165) is 50.0 Å². The Balaban J connectivity index is 1.67. The van der Waals surface area contributed by atoms with Crippen molar-refractivity contribution in [1.29, 1.82) is 0 Å². The van der Waals surface area contributed by atoms with E-state index in [0.29, 0.717) is 37.7 Å². The van der Waals surface area contributed by atoms with Gasteiger partial charge in [0.05, 0.1) is 31.4 Å². The van der Waals surface area contributed by atoms with Gasteiger partial charge in [-0.05, 0) is 41.5 Å². The average Bonchev–Trinajstić information content (AvgIpc) is 3.18. The summed E-state index contributed by atoms with van der Waals surface area (Å²) >= 11 is 0. The van der Waals surface area contributed by atoms with Gasteiger partial charge in [0.2, 0.25) is 0 Å². The number of aliphatic hydroxyl groups excluding tert-OH is 1. The number of ketones is 1. The maximum Gasteiger partial charge on any atom is 0.295 e. The largest absolute Gasteiger partial charge is 0.507 e. The normalized spacial score (nSPS) is 20.0. The number of nitrogens with zero attached hydrogens (tertiary/aromatic N) is 2. The highest BCUT2D eigenvalue weighted by molar-refractivity contribution is 6.46. The third kappa shape index (κ3) is 6.89. The van der Waals surface area contributed by atoms with E-state index in [1.165, 1.54) is 0 Å². The van der Waals surface area contributed by atoms with Gasteiger partial charge in [-0.1, -0.05) is 70.5 Å². The zero-order valence-corrected chi connectivity index (χ0v) is 23.7. The lowest BCUT2D eigenvalue weighted by Crippen LogP contribution is -2.39. The quantitative estimate of drug-likeness (QED) is 0.193. The molecule has 7 nitrogen and oxygen atoms in total. The van der Waals surface area contributed by atoms with Gasteiger partial charge in [-0.3, -0.25) is 14.5 Å². The van der Waals surface area contributed by atoms with Crippen LogP contribution in [-0.4, -0.2) is 72.6 Å².